The molecule has 0 radical (unpaired) electrons. The van der Waals surface area contributed by atoms with E-state index in [0.29, 0.717) is 17.7 Å². The Morgan fingerprint density at radius 1 is 0.971 bits per heavy atom. The van der Waals surface area contributed by atoms with E-state index in [-0.39, 0.29) is 35.6 Å². The number of nitrogens with zero attached hydrogens (tertiary/aromatic N) is 2. The van der Waals surface area contributed by atoms with E-state index < -0.39 is 53.0 Å². The summed E-state index contributed by atoms with van der Waals surface area (Å²) in [4.78, 5) is 26.8. The molecule has 2 unspecified atom stereocenters. The second-order valence-corrected chi connectivity index (χ2v) is 8.89. The van der Waals surface area contributed by atoms with Crippen molar-refractivity contribution in [1.82, 2.24) is 9.80 Å². The Morgan fingerprint density at radius 3 is 2.03 bits per heavy atom. The predicted molar refractivity (Wildman–Crippen MR) is 116 cm³/mol. The highest BCUT2D eigenvalue weighted by Crippen LogP contribution is 2.38. The van der Waals surface area contributed by atoms with E-state index in [2.05, 4.69) is 0 Å². The number of rotatable bonds is 3. The molecule has 1 heterocycles. The fourth-order valence-electron chi connectivity index (χ4n) is 4.08. The maximum Gasteiger partial charge on any atom is 0.416 e. The molecule has 35 heavy (non-hydrogen) atoms. The average Bonchev–Trinajstić information content (AvgIpc) is 2.78. The number of hydrogen-bond donors (Lipinski definition) is 1. The number of carbonyl (C=O) groups is 2. The molecule has 1 aliphatic heterocycles. The van der Waals surface area contributed by atoms with Gasteiger partial charge in [0.15, 0.2) is 0 Å². The third kappa shape index (κ3) is 5.95. The van der Waals surface area contributed by atoms with E-state index >= 15 is 0 Å². The Balaban J connectivity index is 2.02. The van der Waals surface area contributed by atoms with Crippen LogP contribution in [-0.4, -0.2) is 53.1 Å². The second-order valence-electron chi connectivity index (χ2n) is 8.08. The van der Waals surface area contributed by atoms with Crippen LogP contribution in [0.3, 0.4) is 0 Å². The van der Waals surface area contributed by atoms with Crippen molar-refractivity contribution >= 4 is 35.2 Å². The first-order valence-corrected chi connectivity index (χ1v) is 10.8. The highest BCUT2D eigenvalue weighted by atomic mass is 35.5. The van der Waals surface area contributed by atoms with Gasteiger partial charge in [0.25, 0.3) is 5.91 Å². The van der Waals surface area contributed by atoms with Crippen molar-refractivity contribution in [2.45, 2.75) is 30.7 Å². The summed E-state index contributed by atoms with van der Waals surface area (Å²) in [6.07, 6.45) is -11.3. The van der Waals surface area contributed by atoms with Gasteiger partial charge >= 0.3 is 18.4 Å². The smallest absolute Gasteiger partial charge is 0.416 e. The zero-order valence-electron chi connectivity index (χ0n) is 17.9. The first-order valence-electron chi connectivity index (χ1n) is 10.1. The van der Waals surface area contributed by atoms with Crippen LogP contribution in [0.2, 0.25) is 10.0 Å². The maximum atomic E-state index is 13.3. The number of benzene rings is 2. The van der Waals surface area contributed by atoms with Gasteiger partial charge in [-0.15, -0.1) is 0 Å². The van der Waals surface area contributed by atoms with Gasteiger partial charge < -0.3 is 14.9 Å². The lowest BCUT2D eigenvalue weighted by Gasteiger charge is -2.42. The van der Waals surface area contributed by atoms with Gasteiger partial charge in [-0.25, -0.2) is 4.79 Å². The zero-order chi connectivity index (χ0) is 26.3. The number of piperidine rings is 1. The molecule has 5 nitrogen and oxygen atoms in total. The number of carbonyl (C=O) groups excluding carboxylic acids is 1. The van der Waals surface area contributed by atoms with Crippen molar-refractivity contribution < 1.29 is 41.0 Å². The van der Waals surface area contributed by atoms with Crippen LogP contribution in [0.4, 0.5) is 31.1 Å². The van der Waals surface area contributed by atoms with Crippen LogP contribution in [0.5, 0.6) is 0 Å². The molecular weight excluding hydrogens is 525 g/mol. The Hall–Kier alpha value is -2.66. The lowest BCUT2D eigenvalue weighted by molar-refractivity contribution is -0.143. The van der Waals surface area contributed by atoms with Crippen LogP contribution >= 0.6 is 23.2 Å². The van der Waals surface area contributed by atoms with E-state index in [1.165, 1.54) is 19.2 Å². The zero-order valence-corrected chi connectivity index (χ0v) is 19.4. The number of amides is 2. The molecule has 1 saturated heterocycles. The summed E-state index contributed by atoms with van der Waals surface area (Å²) < 4.78 is 79.5. The number of hydrogen-bond acceptors (Lipinski definition) is 2. The Morgan fingerprint density at radius 2 is 1.54 bits per heavy atom. The second kappa shape index (κ2) is 9.77. The van der Waals surface area contributed by atoms with E-state index in [0.717, 1.165) is 9.80 Å². The molecule has 2 aromatic rings. The van der Waals surface area contributed by atoms with Crippen molar-refractivity contribution in [3.05, 3.63) is 68.7 Å². The summed E-state index contributed by atoms with van der Waals surface area (Å²) in [5.41, 5.74) is -3.49. The van der Waals surface area contributed by atoms with Crippen LogP contribution in [0.25, 0.3) is 0 Å². The number of likely N-dealkylation sites (tertiary alicyclic amines) is 1. The quantitative estimate of drug-likeness (QED) is 0.442. The molecule has 1 aliphatic rings. The molecule has 13 heteroatoms. The highest BCUT2D eigenvalue weighted by molar-refractivity contribution is 6.42. The summed E-state index contributed by atoms with van der Waals surface area (Å²) in [5.74, 6) is -1.74. The van der Waals surface area contributed by atoms with E-state index in [1.807, 2.05) is 0 Å². The van der Waals surface area contributed by atoms with Crippen LogP contribution in [0, 0.1) is 0 Å². The Bertz CT molecular complexity index is 1110. The molecule has 190 valence electrons. The molecule has 3 rings (SSSR count). The van der Waals surface area contributed by atoms with Crippen molar-refractivity contribution in [3.8, 4) is 0 Å². The summed E-state index contributed by atoms with van der Waals surface area (Å²) in [6.45, 7) is -0.0716. The topological polar surface area (TPSA) is 60.9 Å². The molecule has 2 atom stereocenters. The van der Waals surface area contributed by atoms with Crippen molar-refractivity contribution in [1.29, 1.82) is 0 Å². The van der Waals surface area contributed by atoms with E-state index in [4.69, 9.17) is 23.2 Å². The molecule has 0 saturated carbocycles. The van der Waals surface area contributed by atoms with Gasteiger partial charge in [-0.2, -0.15) is 26.3 Å². The molecule has 1 N–H and O–H groups in total. The van der Waals surface area contributed by atoms with Gasteiger partial charge in [0, 0.05) is 37.7 Å². The first kappa shape index (κ1) is 26.9. The van der Waals surface area contributed by atoms with Gasteiger partial charge in [-0.1, -0.05) is 29.3 Å². The minimum atomic E-state index is -5.11. The van der Waals surface area contributed by atoms with Gasteiger partial charge in [0.1, 0.15) is 0 Å². The van der Waals surface area contributed by atoms with Crippen molar-refractivity contribution in [3.63, 3.8) is 0 Å². The highest BCUT2D eigenvalue weighted by Gasteiger charge is 2.40. The lowest BCUT2D eigenvalue weighted by atomic mass is 9.85. The van der Waals surface area contributed by atoms with Crippen LogP contribution < -0.4 is 0 Å². The molecule has 0 spiro atoms. The summed E-state index contributed by atoms with van der Waals surface area (Å²) in [7, 11) is 1.25. The standard InChI is InChI=1S/C22H18Cl2F6N2O3/c1-31(19(33)12-6-13(21(25,26)27)9-14(7-12)22(28,29)30)18-4-5-32(20(34)35)10-15(18)11-2-3-16(23)17(24)8-11/h2-3,6-9,15,18H,4-5,10H2,1H3,(H,34,35). The molecule has 0 aliphatic carbocycles. The SMILES string of the molecule is CN(C(=O)c1cc(C(F)(F)F)cc(C(F)(F)F)c1)C1CCN(C(=O)O)CC1c1ccc(Cl)c(Cl)c1. The monoisotopic (exact) mass is 542 g/mol. The average molecular weight is 543 g/mol. The Kier molecular flexibility index (Phi) is 7.52. The molecule has 0 aromatic heterocycles. The number of halogens is 8. The largest absolute Gasteiger partial charge is 0.465 e. The fraction of sp³-hybridized carbons (Fsp3) is 0.364. The minimum absolute atomic E-state index is 0.00579. The molecule has 1 fully saturated rings. The Labute approximate surface area is 205 Å². The third-order valence-corrected chi connectivity index (χ3v) is 6.61. The van der Waals surface area contributed by atoms with Crippen molar-refractivity contribution in [2.24, 2.45) is 0 Å². The predicted octanol–water partition coefficient (Wildman–Crippen LogP) is 6.64. The first-order chi connectivity index (χ1) is 16.1. The van der Waals surface area contributed by atoms with Crippen LogP contribution in [0.1, 0.15) is 39.4 Å². The maximum absolute atomic E-state index is 13.3. The lowest BCUT2D eigenvalue weighted by Crippen LogP contribution is -2.51. The van der Waals surface area contributed by atoms with Gasteiger partial charge in [-0.05, 0) is 42.3 Å². The number of alkyl halides is 6. The molecule has 2 amide bonds. The number of likely N-dealkylation sites (N-methyl/N-ethyl adjacent to an activating group) is 1. The van der Waals surface area contributed by atoms with Gasteiger partial charge in [0.2, 0.25) is 0 Å². The molecule has 0 bridgehead atoms. The van der Waals surface area contributed by atoms with E-state index in [1.54, 1.807) is 6.07 Å². The molecular formula is C22H18Cl2F6N2O3. The van der Waals surface area contributed by atoms with Crippen molar-refractivity contribution in [2.75, 3.05) is 20.1 Å². The van der Waals surface area contributed by atoms with Crippen LogP contribution in [0.15, 0.2) is 36.4 Å². The number of carboxylic acid groups (broad SMARTS) is 1. The molecule has 2 aromatic carbocycles. The van der Waals surface area contributed by atoms with Crippen LogP contribution in [-0.2, 0) is 12.4 Å². The normalized spacial score (nSPS) is 18.9. The summed E-state index contributed by atoms with van der Waals surface area (Å²) >= 11 is 12.0. The summed E-state index contributed by atoms with van der Waals surface area (Å²) in [5, 5.41) is 9.80. The summed E-state index contributed by atoms with van der Waals surface area (Å²) in [6, 6.07) is 4.46. The minimum Gasteiger partial charge on any atom is -0.465 e. The van der Waals surface area contributed by atoms with Gasteiger partial charge in [-0.3, -0.25) is 4.79 Å². The third-order valence-electron chi connectivity index (χ3n) is 5.87. The fourth-order valence-corrected chi connectivity index (χ4v) is 4.39. The van der Waals surface area contributed by atoms with Gasteiger partial charge in [0.05, 0.1) is 21.2 Å². The van der Waals surface area contributed by atoms with E-state index in [9.17, 15) is 41.0 Å².